The van der Waals surface area contributed by atoms with Gasteiger partial charge in [0.25, 0.3) is 0 Å². The average Bonchev–Trinajstić information content (AvgIpc) is 2.93. The monoisotopic (exact) mass is 244 g/mol. The van der Waals surface area contributed by atoms with Gasteiger partial charge in [0.2, 0.25) is 0 Å². The zero-order valence-electron chi connectivity index (χ0n) is 10.2. The minimum Gasteiger partial charge on any atom is -0.480 e. The van der Waals surface area contributed by atoms with Crippen LogP contribution in [0, 0.1) is 11.8 Å². The van der Waals surface area contributed by atoms with Crippen LogP contribution in [0.3, 0.4) is 0 Å². The van der Waals surface area contributed by atoms with E-state index in [1.54, 1.807) is 7.05 Å². The summed E-state index contributed by atoms with van der Waals surface area (Å²) in [5.41, 5.74) is 0. The third-order valence-electron chi connectivity index (χ3n) is 3.14. The van der Waals surface area contributed by atoms with E-state index < -0.39 is 18.0 Å². The lowest BCUT2D eigenvalue weighted by Crippen LogP contribution is -2.47. The number of hydrogen-bond donors (Lipinski definition) is 3. The third-order valence-corrected chi connectivity index (χ3v) is 3.14. The molecule has 0 aliphatic heterocycles. The second kappa shape index (κ2) is 5.86. The van der Waals surface area contributed by atoms with Gasteiger partial charge in [0.15, 0.2) is 0 Å². The Hall–Kier alpha value is -1.30. The molecule has 3 N–H and O–H groups in total. The number of carboxylic acids is 1. The van der Waals surface area contributed by atoms with Crippen LogP contribution in [0.5, 0.6) is 0 Å². The van der Waals surface area contributed by atoms with Crippen molar-refractivity contribution in [2.24, 2.45) is 11.8 Å². The number of aliphatic hydroxyl groups is 1. The summed E-state index contributed by atoms with van der Waals surface area (Å²) >= 11 is 0. The van der Waals surface area contributed by atoms with Gasteiger partial charge in [-0.1, -0.05) is 6.92 Å². The molecule has 2 amide bonds. The van der Waals surface area contributed by atoms with Crippen LogP contribution in [0.15, 0.2) is 0 Å². The van der Waals surface area contributed by atoms with Crippen LogP contribution in [0.2, 0.25) is 0 Å². The maximum absolute atomic E-state index is 11.7. The van der Waals surface area contributed by atoms with E-state index in [2.05, 4.69) is 12.2 Å². The highest BCUT2D eigenvalue weighted by molar-refractivity contribution is 5.82. The first-order chi connectivity index (χ1) is 7.95. The molecular weight excluding hydrogens is 224 g/mol. The fourth-order valence-electron chi connectivity index (χ4n) is 1.73. The van der Waals surface area contributed by atoms with Gasteiger partial charge in [-0.3, -0.25) is 0 Å². The molecule has 3 atom stereocenters. The molecular formula is C11H20N2O4. The molecule has 0 aromatic rings. The van der Waals surface area contributed by atoms with Crippen LogP contribution in [-0.4, -0.2) is 53.4 Å². The fourth-order valence-corrected chi connectivity index (χ4v) is 1.73. The Balaban J connectivity index is 2.37. The number of carboxylic acid groups (broad SMARTS) is 1. The van der Waals surface area contributed by atoms with Gasteiger partial charge in [0.1, 0.15) is 6.04 Å². The highest BCUT2D eigenvalue weighted by Gasteiger charge is 2.34. The lowest BCUT2D eigenvalue weighted by Gasteiger charge is -2.21. The molecule has 0 aromatic heterocycles. The molecule has 0 radical (unpaired) electrons. The number of carbonyl (C=O) groups excluding carboxylic acids is 1. The number of aliphatic carboxylic acids is 1. The summed E-state index contributed by atoms with van der Waals surface area (Å²) in [5, 5.41) is 19.9. The van der Waals surface area contributed by atoms with Crippen LogP contribution >= 0.6 is 0 Å². The van der Waals surface area contributed by atoms with Crippen molar-refractivity contribution in [3.8, 4) is 0 Å². The van der Waals surface area contributed by atoms with Crippen LogP contribution < -0.4 is 5.32 Å². The van der Waals surface area contributed by atoms with Gasteiger partial charge in [0.05, 0.1) is 0 Å². The van der Waals surface area contributed by atoms with Gasteiger partial charge in [-0.2, -0.15) is 0 Å². The van der Waals surface area contributed by atoms with E-state index in [0.717, 1.165) is 6.42 Å². The summed E-state index contributed by atoms with van der Waals surface area (Å²) in [6.07, 6.45) is 1.14. The molecule has 0 aromatic carbocycles. The van der Waals surface area contributed by atoms with E-state index in [1.165, 1.54) is 4.90 Å². The lowest BCUT2D eigenvalue weighted by atomic mass is 10.2. The molecule has 0 spiro atoms. The number of rotatable bonds is 6. The van der Waals surface area contributed by atoms with Gasteiger partial charge < -0.3 is 20.4 Å². The number of amides is 2. The van der Waals surface area contributed by atoms with Gasteiger partial charge in [0, 0.05) is 26.6 Å². The molecule has 0 heterocycles. The molecule has 17 heavy (non-hydrogen) atoms. The van der Waals surface area contributed by atoms with E-state index in [4.69, 9.17) is 10.2 Å². The molecule has 6 nitrogen and oxygen atoms in total. The molecule has 1 aliphatic carbocycles. The van der Waals surface area contributed by atoms with Gasteiger partial charge in [-0.05, 0) is 18.3 Å². The molecule has 6 heteroatoms. The predicted octanol–water partition coefficient (Wildman–Crippen LogP) is 0.119. The van der Waals surface area contributed by atoms with E-state index >= 15 is 0 Å². The number of carbonyl (C=O) groups is 2. The summed E-state index contributed by atoms with van der Waals surface area (Å²) in [6, 6.07) is -1.42. The van der Waals surface area contributed by atoms with Crippen molar-refractivity contribution in [1.29, 1.82) is 0 Å². The van der Waals surface area contributed by atoms with Gasteiger partial charge >= 0.3 is 12.0 Å². The number of hydrogen-bond acceptors (Lipinski definition) is 3. The van der Waals surface area contributed by atoms with E-state index in [-0.39, 0.29) is 13.0 Å². The van der Waals surface area contributed by atoms with Crippen molar-refractivity contribution in [3.05, 3.63) is 0 Å². The van der Waals surface area contributed by atoms with E-state index in [0.29, 0.717) is 18.4 Å². The summed E-state index contributed by atoms with van der Waals surface area (Å²) < 4.78 is 0. The first-order valence-corrected chi connectivity index (χ1v) is 5.81. The molecule has 0 bridgehead atoms. The minimum atomic E-state index is -1.12. The lowest BCUT2D eigenvalue weighted by molar-refractivity contribution is -0.139. The summed E-state index contributed by atoms with van der Waals surface area (Å²) in [5.74, 6) is 0.0606. The maximum atomic E-state index is 11.7. The average molecular weight is 244 g/mol. The Kier molecular flexibility index (Phi) is 4.74. The number of nitrogens with one attached hydrogen (secondary N) is 1. The first-order valence-electron chi connectivity index (χ1n) is 5.81. The Morgan fingerprint density at radius 3 is 2.53 bits per heavy atom. The van der Waals surface area contributed by atoms with Crippen molar-refractivity contribution in [2.45, 2.75) is 25.8 Å². The Bertz CT molecular complexity index is 295. The van der Waals surface area contributed by atoms with E-state index in [9.17, 15) is 9.59 Å². The summed E-state index contributed by atoms with van der Waals surface area (Å²) in [7, 11) is 1.65. The van der Waals surface area contributed by atoms with Crippen molar-refractivity contribution in [2.75, 3.05) is 20.2 Å². The number of nitrogens with zero attached hydrogens (tertiary/aromatic N) is 1. The van der Waals surface area contributed by atoms with Crippen LogP contribution in [-0.2, 0) is 4.79 Å². The molecule has 1 rings (SSSR count). The SMILES string of the molecule is CC1CC1CN(C)C(=O)N[C@@H](CCO)C(=O)O. The molecule has 1 aliphatic rings. The Morgan fingerprint density at radius 2 is 2.12 bits per heavy atom. The maximum Gasteiger partial charge on any atom is 0.326 e. The van der Waals surface area contributed by atoms with Gasteiger partial charge in [-0.25, -0.2) is 9.59 Å². The third kappa shape index (κ3) is 4.22. The minimum absolute atomic E-state index is 0.0226. The zero-order chi connectivity index (χ0) is 13.0. The quantitative estimate of drug-likeness (QED) is 0.619. The summed E-state index contributed by atoms with van der Waals surface area (Å²) in [6.45, 7) is 2.52. The number of aliphatic hydroxyl groups excluding tert-OH is 1. The molecule has 1 saturated carbocycles. The highest BCUT2D eigenvalue weighted by atomic mass is 16.4. The van der Waals surface area contributed by atoms with Crippen molar-refractivity contribution in [3.63, 3.8) is 0 Å². The molecule has 1 fully saturated rings. The second-order valence-corrected chi connectivity index (χ2v) is 4.71. The second-order valence-electron chi connectivity index (χ2n) is 4.71. The topological polar surface area (TPSA) is 89.9 Å². The standard InChI is InChI=1S/C11H20N2O4/c1-7-5-8(7)6-13(2)11(17)12-9(3-4-14)10(15)16/h7-9,14H,3-6H2,1-2H3,(H,12,17)(H,15,16)/t7?,8?,9-/m0/s1. The molecule has 98 valence electrons. The summed E-state index contributed by atoms with van der Waals surface area (Å²) in [4.78, 5) is 24.0. The normalized spacial score (nSPS) is 23.9. The smallest absolute Gasteiger partial charge is 0.326 e. The Morgan fingerprint density at radius 1 is 1.53 bits per heavy atom. The zero-order valence-corrected chi connectivity index (χ0v) is 10.2. The van der Waals surface area contributed by atoms with E-state index in [1.807, 2.05) is 0 Å². The van der Waals surface area contributed by atoms with Crippen molar-refractivity contribution in [1.82, 2.24) is 10.2 Å². The van der Waals surface area contributed by atoms with Crippen LogP contribution in [0.25, 0.3) is 0 Å². The highest BCUT2D eigenvalue weighted by Crippen LogP contribution is 2.37. The fraction of sp³-hybridized carbons (Fsp3) is 0.818. The van der Waals surface area contributed by atoms with Crippen molar-refractivity contribution >= 4 is 12.0 Å². The predicted molar refractivity (Wildman–Crippen MR) is 61.6 cm³/mol. The van der Waals surface area contributed by atoms with Crippen LogP contribution in [0.1, 0.15) is 19.8 Å². The van der Waals surface area contributed by atoms with Crippen LogP contribution in [0.4, 0.5) is 4.79 Å². The first kappa shape index (κ1) is 13.8. The largest absolute Gasteiger partial charge is 0.480 e. The van der Waals surface area contributed by atoms with Gasteiger partial charge in [-0.15, -0.1) is 0 Å². The van der Waals surface area contributed by atoms with Crippen molar-refractivity contribution < 1.29 is 19.8 Å². The molecule has 0 saturated heterocycles. The number of urea groups is 1. The Labute approximate surface area is 101 Å². The molecule has 2 unspecified atom stereocenters.